The van der Waals surface area contributed by atoms with Crippen molar-refractivity contribution in [2.75, 3.05) is 32.1 Å². The normalized spacial score (nSPS) is 12.0. The van der Waals surface area contributed by atoms with Crippen LogP contribution in [0, 0.1) is 0 Å². The molecule has 0 aliphatic rings. The zero-order chi connectivity index (χ0) is 18.2. The summed E-state index contributed by atoms with van der Waals surface area (Å²) in [4.78, 5) is 16.6. The number of hydrogen-bond acceptors (Lipinski definition) is 3. The average Bonchev–Trinajstić information content (AvgIpc) is 2.62. The minimum absolute atomic E-state index is 0.0202. The predicted octanol–water partition coefficient (Wildman–Crippen LogP) is 3.45. The smallest absolute Gasteiger partial charge is 0.234 e. The van der Waals surface area contributed by atoms with Gasteiger partial charge in [-0.2, -0.15) is 0 Å². The van der Waals surface area contributed by atoms with Crippen molar-refractivity contribution in [2.24, 2.45) is 0 Å². The Morgan fingerprint density at radius 2 is 1.68 bits per heavy atom. The number of likely N-dealkylation sites (N-methyl/N-ethyl adjacent to an activating group) is 1. The molecule has 0 aliphatic carbocycles. The van der Waals surface area contributed by atoms with E-state index in [0.717, 1.165) is 18.7 Å². The molecule has 134 valence electrons. The molecule has 0 saturated carbocycles. The van der Waals surface area contributed by atoms with E-state index in [9.17, 15) is 4.79 Å². The third-order valence-electron chi connectivity index (χ3n) is 4.35. The summed E-state index contributed by atoms with van der Waals surface area (Å²) in [5.41, 5.74) is 3.52. The Labute approximate surface area is 151 Å². The monoisotopic (exact) mass is 339 g/mol. The standard InChI is InChI=1S/C21H29N3O/c1-5-24(15-18-11-13-20(14-12-18)23(3)4)16-21(25)22-17(2)19-9-7-6-8-10-19/h6-14,17H,5,15-16H2,1-4H3,(H,22,25)/t17-/m0/s1. The summed E-state index contributed by atoms with van der Waals surface area (Å²) < 4.78 is 0. The van der Waals surface area contributed by atoms with Crippen molar-refractivity contribution < 1.29 is 4.79 Å². The Hall–Kier alpha value is -2.33. The number of amides is 1. The first-order valence-electron chi connectivity index (χ1n) is 8.82. The van der Waals surface area contributed by atoms with Crippen LogP contribution in [0.15, 0.2) is 54.6 Å². The average molecular weight is 339 g/mol. The van der Waals surface area contributed by atoms with Crippen molar-refractivity contribution in [3.8, 4) is 0 Å². The molecule has 2 rings (SSSR count). The van der Waals surface area contributed by atoms with E-state index >= 15 is 0 Å². The number of carbonyl (C=O) groups is 1. The molecule has 2 aromatic carbocycles. The van der Waals surface area contributed by atoms with E-state index in [4.69, 9.17) is 0 Å². The van der Waals surface area contributed by atoms with E-state index in [-0.39, 0.29) is 11.9 Å². The molecule has 1 amide bonds. The first-order chi connectivity index (χ1) is 12.0. The van der Waals surface area contributed by atoms with Gasteiger partial charge >= 0.3 is 0 Å². The second kappa shape index (κ2) is 9.23. The molecule has 25 heavy (non-hydrogen) atoms. The fourth-order valence-electron chi connectivity index (χ4n) is 2.75. The van der Waals surface area contributed by atoms with Crippen LogP contribution in [-0.4, -0.2) is 38.0 Å². The van der Waals surface area contributed by atoms with Crippen LogP contribution in [0.2, 0.25) is 0 Å². The van der Waals surface area contributed by atoms with Crippen LogP contribution in [0.3, 0.4) is 0 Å². The molecule has 1 atom stereocenters. The fraction of sp³-hybridized carbons (Fsp3) is 0.381. The maximum absolute atomic E-state index is 12.4. The third kappa shape index (κ3) is 5.91. The minimum Gasteiger partial charge on any atom is -0.378 e. The van der Waals surface area contributed by atoms with Gasteiger partial charge in [-0.25, -0.2) is 0 Å². The molecule has 0 unspecified atom stereocenters. The Balaban J connectivity index is 1.89. The molecular formula is C21H29N3O. The first-order valence-corrected chi connectivity index (χ1v) is 8.82. The molecule has 0 aliphatic heterocycles. The van der Waals surface area contributed by atoms with Crippen LogP contribution in [0.5, 0.6) is 0 Å². The SMILES string of the molecule is CCN(CC(=O)N[C@@H](C)c1ccccc1)Cc1ccc(N(C)C)cc1. The number of nitrogens with one attached hydrogen (secondary N) is 1. The number of hydrogen-bond donors (Lipinski definition) is 1. The molecule has 2 aromatic rings. The summed E-state index contributed by atoms with van der Waals surface area (Å²) in [6.07, 6.45) is 0. The van der Waals surface area contributed by atoms with Gasteiger partial charge in [0, 0.05) is 26.3 Å². The van der Waals surface area contributed by atoms with Crippen molar-refractivity contribution in [2.45, 2.75) is 26.4 Å². The molecule has 0 radical (unpaired) electrons. The maximum atomic E-state index is 12.4. The fourth-order valence-corrected chi connectivity index (χ4v) is 2.75. The van der Waals surface area contributed by atoms with Gasteiger partial charge in [0.05, 0.1) is 12.6 Å². The molecule has 1 N–H and O–H groups in total. The van der Waals surface area contributed by atoms with E-state index < -0.39 is 0 Å². The summed E-state index contributed by atoms with van der Waals surface area (Å²) in [7, 11) is 4.07. The number of benzene rings is 2. The van der Waals surface area contributed by atoms with Crippen molar-refractivity contribution in [3.63, 3.8) is 0 Å². The Morgan fingerprint density at radius 3 is 2.24 bits per heavy atom. The highest BCUT2D eigenvalue weighted by Crippen LogP contribution is 2.14. The summed E-state index contributed by atoms with van der Waals surface area (Å²) in [6.45, 7) is 6.12. The molecule has 0 aromatic heterocycles. The van der Waals surface area contributed by atoms with Gasteiger partial charge in [0.2, 0.25) is 5.91 Å². The zero-order valence-corrected chi connectivity index (χ0v) is 15.7. The number of anilines is 1. The van der Waals surface area contributed by atoms with Crippen LogP contribution in [0.1, 0.15) is 31.0 Å². The van der Waals surface area contributed by atoms with Gasteiger partial charge in [-0.1, -0.05) is 49.4 Å². The van der Waals surface area contributed by atoms with Crippen LogP contribution >= 0.6 is 0 Å². The molecule has 0 spiro atoms. The summed E-state index contributed by atoms with van der Waals surface area (Å²) in [6, 6.07) is 18.5. The highest BCUT2D eigenvalue weighted by Gasteiger charge is 2.13. The minimum atomic E-state index is 0.0202. The van der Waals surface area contributed by atoms with Gasteiger partial charge in [-0.05, 0) is 36.7 Å². The quantitative estimate of drug-likeness (QED) is 0.800. The van der Waals surface area contributed by atoms with Crippen molar-refractivity contribution in [1.29, 1.82) is 0 Å². The van der Waals surface area contributed by atoms with E-state index in [1.54, 1.807) is 0 Å². The molecule has 4 heteroatoms. The number of carbonyl (C=O) groups excluding carboxylic acids is 1. The highest BCUT2D eigenvalue weighted by atomic mass is 16.2. The van der Waals surface area contributed by atoms with Crippen molar-refractivity contribution in [3.05, 3.63) is 65.7 Å². The third-order valence-corrected chi connectivity index (χ3v) is 4.35. The van der Waals surface area contributed by atoms with Crippen LogP contribution in [0.25, 0.3) is 0 Å². The van der Waals surface area contributed by atoms with Gasteiger partial charge in [0.1, 0.15) is 0 Å². The first kappa shape index (κ1) is 19.0. The molecular weight excluding hydrogens is 310 g/mol. The topological polar surface area (TPSA) is 35.6 Å². The lowest BCUT2D eigenvalue weighted by atomic mass is 10.1. The summed E-state index contributed by atoms with van der Waals surface area (Å²) >= 11 is 0. The Kier molecular flexibility index (Phi) is 7.02. The van der Waals surface area contributed by atoms with Gasteiger partial charge in [-0.3, -0.25) is 9.69 Å². The van der Waals surface area contributed by atoms with Crippen LogP contribution < -0.4 is 10.2 Å². The second-order valence-corrected chi connectivity index (χ2v) is 6.56. The summed E-state index contributed by atoms with van der Waals surface area (Å²) in [5.74, 6) is 0.0584. The predicted molar refractivity (Wildman–Crippen MR) is 105 cm³/mol. The lowest BCUT2D eigenvalue weighted by Crippen LogP contribution is -2.37. The van der Waals surface area contributed by atoms with Gasteiger partial charge in [0.25, 0.3) is 0 Å². The van der Waals surface area contributed by atoms with E-state index in [2.05, 4.69) is 46.3 Å². The second-order valence-electron chi connectivity index (χ2n) is 6.56. The van der Waals surface area contributed by atoms with Crippen molar-refractivity contribution in [1.82, 2.24) is 10.2 Å². The molecule has 0 saturated heterocycles. The largest absolute Gasteiger partial charge is 0.378 e. The Morgan fingerprint density at radius 1 is 1.04 bits per heavy atom. The van der Waals surface area contributed by atoms with Crippen molar-refractivity contribution >= 4 is 11.6 Å². The van der Waals surface area contributed by atoms with Crippen LogP contribution in [0.4, 0.5) is 5.69 Å². The van der Waals surface area contributed by atoms with E-state index in [1.165, 1.54) is 11.3 Å². The zero-order valence-electron chi connectivity index (χ0n) is 15.7. The Bertz CT molecular complexity index is 653. The van der Waals surface area contributed by atoms with E-state index in [1.807, 2.05) is 51.4 Å². The van der Waals surface area contributed by atoms with Crippen LogP contribution in [-0.2, 0) is 11.3 Å². The maximum Gasteiger partial charge on any atom is 0.234 e. The lowest BCUT2D eigenvalue weighted by molar-refractivity contribution is -0.123. The molecule has 0 fully saturated rings. The lowest BCUT2D eigenvalue weighted by Gasteiger charge is -2.22. The van der Waals surface area contributed by atoms with Gasteiger partial charge in [0.15, 0.2) is 0 Å². The van der Waals surface area contributed by atoms with Gasteiger partial charge < -0.3 is 10.2 Å². The highest BCUT2D eigenvalue weighted by molar-refractivity contribution is 5.78. The number of nitrogens with zero attached hydrogens (tertiary/aromatic N) is 2. The molecule has 0 heterocycles. The summed E-state index contributed by atoms with van der Waals surface area (Å²) in [5, 5.41) is 3.08. The molecule has 0 bridgehead atoms. The van der Waals surface area contributed by atoms with Gasteiger partial charge in [-0.15, -0.1) is 0 Å². The molecule has 4 nitrogen and oxygen atoms in total. The number of rotatable bonds is 8. The van der Waals surface area contributed by atoms with E-state index in [0.29, 0.717) is 6.54 Å².